The van der Waals surface area contributed by atoms with Gasteiger partial charge in [0, 0.05) is 73.1 Å². The molecule has 3 aliphatic rings. The zero-order valence-corrected chi connectivity index (χ0v) is 29.6. The first-order valence-corrected chi connectivity index (χ1v) is 18.0. The lowest BCUT2D eigenvalue weighted by Crippen LogP contribution is -2.52. The molecule has 1 N–H and O–H groups in total. The minimum Gasteiger partial charge on any atom is -0.444 e. The number of ether oxygens (including phenoxy) is 1. The number of carbonyl (C=O) groups excluding carboxylic acids is 2. The Morgan fingerprint density at radius 2 is 1.74 bits per heavy atom. The molecule has 0 unspecified atom stereocenters. The van der Waals surface area contributed by atoms with E-state index < -0.39 is 5.60 Å². The zero-order chi connectivity index (χ0) is 35.0. The van der Waals surface area contributed by atoms with Gasteiger partial charge in [0.25, 0.3) is 0 Å². The monoisotopic (exact) mass is 677 g/mol. The molecule has 4 aromatic heterocycles. The van der Waals surface area contributed by atoms with Crippen LogP contribution in [0.4, 0.5) is 10.6 Å². The number of carbonyl (C=O) groups is 2. The predicted octanol–water partition coefficient (Wildman–Crippen LogP) is 6.37. The number of piperidine rings is 2. The van der Waals surface area contributed by atoms with Gasteiger partial charge in [-0.15, -0.1) is 0 Å². The van der Waals surface area contributed by atoms with Crippen LogP contribution >= 0.6 is 0 Å². The van der Waals surface area contributed by atoms with Gasteiger partial charge >= 0.3 is 6.09 Å². The molecule has 0 bridgehead atoms. The highest BCUT2D eigenvalue weighted by Crippen LogP contribution is 2.38. The van der Waals surface area contributed by atoms with E-state index in [1.807, 2.05) is 56.3 Å². The van der Waals surface area contributed by atoms with E-state index in [0.29, 0.717) is 24.7 Å². The van der Waals surface area contributed by atoms with Gasteiger partial charge in [0.2, 0.25) is 5.91 Å². The molecule has 2 amide bonds. The third kappa shape index (κ3) is 6.65. The number of anilines is 1. The fraction of sp³-hybridized carbons (Fsp3) is 0.526. The van der Waals surface area contributed by atoms with Gasteiger partial charge < -0.3 is 19.9 Å². The zero-order valence-electron chi connectivity index (χ0n) is 29.6. The second-order valence-corrected chi connectivity index (χ2v) is 15.1. The van der Waals surface area contributed by atoms with Gasteiger partial charge in [-0.2, -0.15) is 15.5 Å². The Labute approximate surface area is 293 Å². The Morgan fingerprint density at radius 1 is 0.980 bits per heavy atom. The van der Waals surface area contributed by atoms with Crippen molar-refractivity contribution in [3.8, 4) is 28.3 Å². The molecule has 2 aliphatic heterocycles. The van der Waals surface area contributed by atoms with Crippen molar-refractivity contribution in [1.82, 2.24) is 34.6 Å². The van der Waals surface area contributed by atoms with E-state index >= 15 is 0 Å². The Balaban J connectivity index is 1.07. The second-order valence-electron chi connectivity index (χ2n) is 15.1. The standard InChI is InChI=1S/C38H47N9O3/c1-5-38(35(48)43-30-7-6-8-30)13-17-44(18-14-38)33-10-9-26(21-40-33)32-19-27(24-47-34(32)28(20-39)22-42-47)29-23-41-46(25-29)31-11-15-45(16-12-31)36(49)50-37(2,3)4/h9-10,19,21-25,30-31H,5-8,11-18H2,1-4H3,(H,43,48). The Bertz CT molecular complexity index is 1900. The second kappa shape index (κ2) is 13.4. The maximum Gasteiger partial charge on any atom is 0.410 e. The molecule has 12 nitrogen and oxygen atoms in total. The van der Waals surface area contributed by atoms with E-state index in [9.17, 15) is 14.9 Å². The molecule has 50 heavy (non-hydrogen) atoms. The molecule has 0 atom stereocenters. The Kier molecular flexibility index (Phi) is 9.01. The quantitative estimate of drug-likeness (QED) is 0.239. The molecule has 262 valence electrons. The maximum absolute atomic E-state index is 13.2. The summed E-state index contributed by atoms with van der Waals surface area (Å²) in [5.74, 6) is 1.11. The summed E-state index contributed by atoms with van der Waals surface area (Å²) in [6.07, 6.45) is 16.5. The van der Waals surface area contributed by atoms with Gasteiger partial charge in [-0.05, 0) is 90.3 Å². The van der Waals surface area contributed by atoms with E-state index in [-0.39, 0.29) is 23.5 Å². The average molecular weight is 678 g/mol. The third-order valence-corrected chi connectivity index (χ3v) is 10.9. The van der Waals surface area contributed by atoms with Crippen molar-refractivity contribution in [3.05, 3.63) is 54.7 Å². The number of hydrogen-bond acceptors (Lipinski definition) is 8. The molecule has 0 spiro atoms. The van der Waals surface area contributed by atoms with Crippen molar-refractivity contribution in [2.45, 2.75) is 96.7 Å². The lowest BCUT2D eigenvalue weighted by Gasteiger charge is -2.42. The number of hydrogen-bond donors (Lipinski definition) is 1. The van der Waals surface area contributed by atoms with Crippen LogP contribution in [0, 0.1) is 16.7 Å². The average Bonchev–Trinajstić information content (AvgIpc) is 3.77. The number of nitrogens with zero attached hydrogens (tertiary/aromatic N) is 8. The van der Waals surface area contributed by atoms with E-state index in [0.717, 1.165) is 91.6 Å². The number of likely N-dealkylation sites (tertiary alicyclic amines) is 1. The Hall–Kier alpha value is -4.92. The lowest BCUT2D eigenvalue weighted by molar-refractivity contribution is -0.133. The number of nitrogens with one attached hydrogen (secondary N) is 1. The number of pyridine rings is 2. The summed E-state index contributed by atoms with van der Waals surface area (Å²) in [5, 5.41) is 22.5. The smallest absolute Gasteiger partial charge is 0.410 e. The summed E-state index contributed by atoms with van der Waals surface area (Å²) < 4.78 is 9.32. The normalized spacial score (nSPS) is 18.5. The first-order chi connectivity index (χ1) is 24.1. The number of amides is 2. The van der Waals surface area contributed by atoms with Crippen LogP contribution in [0.3, 0.4) is 0 Å². The van der Waals surface area contributed by atoms with Gasteiger partial charge in [-0.3, -0.25) is 9.48 Å². The van der Waals surface area contributed by atoms with Crippen molar-refractivity contribution in [2.24, 2.45) is 5.41 Å². The van der Waals surface area contributed by atoms with Gasteiger partial charge in [-0.1, -0.05) is 6.92 Å². The van der Waals surface area contributed by atoms with Crippen molar-refractivity contribution in [1.29, 1.82) is 5.26 Å². The minimum atomic E-state index is -0.518. The SMILES string of the molecule is CCC1(C(=O)NC2CCC2)CCN(c2ccc(-c3cc(-c4cnn(C5CCN(C(=O)OC(C)(C)C)CC5)c4)cn4ncc(C#N)c34)cn2)CC1. The van der Waals surface area contributed by atoms with E-state index in [2.05, 4.69) is 40.4 Å². The summed E-state index contributed by atoms with van der Waals surface area (Å²) in [4.78, 5) is 34.7. The highest BCUT2D eigenvalue weighted by molar-refractivity contribution is 5.87. The Morgan fingerprint density at radius 3 is 2.36 bits per heavy atom. The summed E-state index contributed by atoms with van der Waals surface area (Å²) in [6.45, 7) is 10.6. The van der Waals surface area contributed by atoms with Crippen LogP contribution < -0.4 is 10.2 Å². The van der Waals surface area contributed by atoms with Crippen LogP contribution in [0.25, 0.3) is 27.8 Å². The summed E-state index contributed by atoms with van der Waals surface area (Å²) in [7, 11) is 0. The topological polar surface area (TPSA) is 134 Å². The molecule has 1 aliphatic carbocycles. The number of fused-ring (bicyclic) bond motifs is 1. The number of aromatic nitrogens is 5. The first-order valence-electron chi connectivity index (χ1n) is 18.0. The third-order valence-electron chi connectivity index (χ3n) is 10.9. The summed E-state index contributed by atoms with van der Waals surface area (Å²) in [6, 6.07) is 9.00. The van der Waals surface area contributed by atoms with Crippen molar-refractivity contribution in [3.63, 3.8) is 0 Å². The van der Waals surface area contributed by atoms with E-state index in [4.69, 9.17) is 14.8 Å². The van der Waals surface area contributed by atoms with Crippen molar-refractivity contribution < 1.29 is 14.3 Å². The molecular formula is C38H47N9O3. The van der Waals surface area contributed by atoms with Crippen molar-refractivity contribution in [2.75, 3.05) is 31.1 Å². The van der Waals surface area contributed by atoms with Gasteiger partial charge in [0.1, 0.15) is 17.5 Å². The minimum absolute atomic E-state index is 0.173. The van der Waals surface area contributed by atoms with Crippen LogP contribution in [-0.2, 0) is 9.53 Å². The van der Waals surface area contributed by atoms with Crippen LogP contribution in [-0.4, -0.2) is 79.1 Å². The molecular weight excluding hydrogens is 630 g/mol. The van der Waals surface area contributed by atoms with Gasteiger partial charge in [-0.25, -0.2) is 14.3 Å². The first kappa shape index (κ1) is 33.6. The lowest BCUT2D eigenvalue weighted by atomic mass is 9.74. The maximum atomic E-state index is 13.2. The van der Waals surface area contributed by atoms with Gasteiger partial charge in [0.05, 0.1) is 34.9 Å². The molecule has 12 heteroatoms. The molecule has 6 heterocycles. The van der Waals surface area contributed by atoms with Crippen LogP contribution in [0.15, 0.2) is 49.2 Å². The summed E-state index contributed by atoms with van der Waals surface area (Å²) >= 11 is 0. The molecule has 1 saturated carbocycles. The predicted molar refractivity (Wildman–Crippen MR) is 190 cm³/mol. The molecule has 0 aromatic carbocycles. The van der Waals surface area contributed by atoms with Crippen LogP contribution in [0.2, 0.25) is 0 Å². The molecule has 2 saturated heterocycles. The van der Waals surface area contributed by atoms with Crippen molar-refractivity contribution >= 4 is 23.3 Å². The highest BCUT2D eigenvalue weighted by Gasteiger charge is 2.41. The molecule has 0 radical (unpaired) electrons. The number of rotatable bonds is 7. The fourth-order valence-electron chi connectivity index (χ4n) is 7.44. The van der Waals surface area contributed by atoms with E-state index in [1.54, 1.807) is 15.6 Å². The summed E-state index contributed by atoms with van der Waals surface area (Å²) in [5.41, 5.74) is 4.02. The highest BCUT2D eigenvalue weighted by atomic mass is 16.6. The van der Waals surface area contributed by atoms with Gasteiger partial charge in [0.15, 0.2) is 0 Å². The fourth-order valence-corrected chi connectivity index (χ4v) is 7.44. The van der Waals surface area contributed by atoms with Crippen LogP contribution in [0.5, 0.6) is 0 Å². The molecule has 4 aromatic rings. The molecule has 3 fully saturated rings. The van der Waals surface area contributed by atoms with E-state index in [1.165, 1.54) is 6.42 Å². The largest absolute Gasteiger partial charge is 0.444 e. The number of nitriles is 1. The van der Waals surface area contributed by atoms with Crippen LogP contribution in [0.1, 0.15) is 90.7 Å². The molecule has 7 rings (SSSR count).